The first-order valence-corrected chi connectivity index (χ1v) is 9.89. The summed E-state index contributed by atoms with van der Waals surface area (Å²) in [5, 5.41) is 5.28. The van der Waals surface area contributed by atoms with Crippen molar-refractivity contribution in [1.82, 2.24) is 14.7 Å². The molecule has 2 heterocycles. The van der Waals surface area contributed by atoms with Gasteiger partial charge in [-0.1, -0.05) is 50.1 Å². The van der Waals surface area contributed by atoms with Gasteiger partial charge in [-0.05, 0) is 18.8 Å². The fourth-order valence-corrected chi connectivity index (χ4v) is 4.53. The molecule has 2 atom stereocenters. The lowest BCUT2D eigenvalue weighted by Gasteiger charge is -2.29. The van der Waals surface area contributed by atoms with Crippen LogP contribution in [0.4, 0.5) is 0 Å². The van der Waals surface area contributed by atoms with Crippen molar-refractivity contribution in [2.75, 3.05) is 0 Å². The molecule has 2 aromatic heterocycles. The Bertz CT molecular complexity index is 868. The van der Waals surface area contributed by atoms with E-state index in [-0.39, 0.29) is 5.91 Å². The highest BCUT2D eigenvalue weighted by Crippen LogP contribution is 2.25. The average molecular weight is 353 g/mol. The van der Waals surface area contributed by atoms with Gasteiger partial charge in [0.05, 0.1) is 12.1 Å². The number of amides is 1. The highest BCUT2D eigenvalue weighted by molar-refractivity contribution is 7.15. The second kappa shape index (κ2) is 7.00. The van der Waals surface area contributed by atoms with Crippen molar-refractivity contribution in [2.24, 2.45) is 5.92 Å². The van der Waals surface area contributed by atoms with Gasteiger partial charge in [-0.2, -0.15) is 0 Å². The zero-order valence-corrected chi connectivity index (χ0v) is 15.3. The number of nitrogens with one attached hydrogen (secondary N) is 1. The molecule has 1 aliphatic carbocycles. The molecule has 25 heavy (non-hydrogen) atoms. The van der Waals surface area contributed by atoms with Gasteiger partial charge in [0, 0.05) is 28.9 Å². The molecule has 1 amide bonds. The SMILES string of the molecule is C[C@@H]1CCCC[C@@H]1NC(=O)Cc1csc2nc(-c3ccccc3)cn12. The number of rotatable bonds is 4. The molecule has 0 unspecified atom stereocenters. The van der Waals surface area contributed by atoms with Crippen LogP contribution >= 0.6 is 11.3 Å². The molecule has 0 aliphatic heterocycles. The van der Waals surface area contributed by atoms with E-state index in [1.54, 1.807) is 11.3 Å². The summed E-state index contributed by atoms with van der Waals surface area (Å²) < 4.78 is 2.05. The van der Waals surface area contributed by atoms with Crippen LogP contribution in [-0.2, 0) is 11.2 Å². The molecule has 4 nitrogen and oxygen atoms in total. The van der Waals surface area contributed by atoms with Crippen molar-refractivity contribution >= 4 is 22.2 Å². The number of thiazole rings is 1. The Morgan fingerprint density at radius 3 is 2.88 bits per heavy atom. The van der Waals surface area contributed by atoms with Crippen molar-refractivity contribution in [2.45, 2.75) is 45.1 Å². The maximum absolute atomic E-state index is 12.5. The smallest absolute Gasteiger partial charge is 0.226 e. The van der Waals surface area contributed by atoms with E-state index < -0.39 is 0 Å². The summed E-state index contributed by atoms with van der Waals surface area (Å²) in [6.45, 7) is 2.24. The lowest BCUT2D eigenvalue weighted by molar-refractivity contribution is -0.121. The molecule has 4 rings (SSSR count). The second-order valence-corrected chi connectivity index (χ2v) is 7.82. The van der Waals surface area contributed by atoms with Gasteiger partial charge in [-0.25, -0.2) is 4.98 Å². The minimum Gasteiger partial charge on any atom is -0.353 e. The van der Waals surface area contributed by atoms with Crippen molar-refractivity contribution in [3.63, 3.8) is 0 Å². The van der Waals surface area contributed by atoms with Crippen LogP contribution < -0.4 is 5.32 Å². The predicted octanol–water partition coefficient (Wildman–Crippen LogP) is 4.30. The molecule has 0 spiro atoms. The molecule has 0 bridgehead atoms. The Kier molecular flexibility index (Phi) is 4.57. The van der Waals surface area contributed by atoms with Gasteiger partial charge in [0.25, 0.3) is 0 Å². The molecular weight excluding hydrogens is 330 g/mol. The third-order valence-electron chi connectivity index (χ3n) is 5.15. The standard InChI is InChI=1S/C20H23N3OS/c1-14-7-5-6-10-17(14)21-19(24)11-16-13-25-20-22-18(12-23(16)20)15-8-3-2-4-9-15/h2-4,8-9,12-14,17H,5-7,10-11H2,1H3,(H,21,24)/t14-,17+/m1/s1. The molecular formula is C20H23N3OS. The Hall–Kier alpha value is -2.14. The monoisotopic (exact) mass is 353 g/mol. The topological polar surface area (TPSA) is 46.4 Å². The van der Waals surface area contributed by atoms with E-state index in [4.69, 9.17) is 0 Å². The van der Waals surface area contributed by atoms with Gasteiger partial charge in [0.2, 0.25) is 5.91 Å². The Labute approximate surface area is 151 Å². The Morgan fingerprint density at radius 1 is 1.28 bits per heavy atom. The molecule has 1 fully saturated rings. The summed E-state index contributed by atoms with van der Waals surface area (Å²) in [4.78, 5) is 18.1. The number of fused-ring (bicyclic) bond motifs is 1. The van der Waals surface area contributed by atoms with Crippen LogP contribution in [0.3, 0.4) is 0 Å². The van der Waals surface area contributed by atoms with Crippen LogP contribution in [0.1, 0.15) is 38.3 Å². The largest absolute Gasteiger partial charge is 0.353 e. The molecule has 130 valence electrons. The van der Waals surface area contributed by atoms with Gasteiger partial charge in [-0.3, -0.25) is 9.20 Å². The van der Waals surface area contributed by atoms with E-state index in [1.165, 1.54) is 19.3 Å². The number of hydrogen-bond donors (Lipinski definition) is 1. The molecule has 1 saturated carbocycles. The zero-order chi connectivity index (χ0) is 17.2. The first-order chi connectivity index (χ1) is 12.2. The highest BCUT2D eigenvalue weighted by atomic mass is 32.1. The summed E-state index contributed by atoms with van der Waals surface area (Å²) in [6, 6.07) is 10.5. The van der Waals surface area contributed by atoms with Crippen molar-refractivity contribution in [1.29, 1.82) is 0 Å². The number of carbonyl (C=O) groups excluding carboxylic acids is 1. The lowest BCUT2D eigenvalue weighted by atomic mass is 9.86. The summed E-state index contributed by atoms with van der Waals surface area (Å²) >= 11 is 1.59. The van der Waals surface area contributed by atoms with E-state index in [1.807, 2.05) is 29.8 Å². The van der Waals surface area contributed by atoms with Crippen LogP contribution in [0.5, 0.6) is 0 Å². The fraction of sp³-hybridized carbons (Fsp3) is 0.400. The quantitative estimate of drug-likeness (QED) is 0.760. The number of hydrogen-bond acceptors (Lipinski definition) is 3. The van der Waals surface area contributed by atoms with Gasteiger partial charge in [0.15, 0.2) is 4.96 Å². The summed E-state index contributed by atoms with van der Waals surface area (Å²) in [5.74, 6) is 0.700. The first kappa shape index (κ1) is 16.3. The molecule has 0 saturated heterocycles. The number of imidazole rings is 1. The van der Waals surface area contributed by atoms with E-state index in [0.29, 0.717) is 18.4 Å². The van der Waals surface area contributed by atoms with E-state index >= 15 is 0 Å². The lowest BCUT2D eigenvalue weighted by Crippen LogP contribution is -2.41. The number of nitrogens with zero attached hydrogens (tertiary/aromatic N) is 2. The summed E-state index contributed by atoms with van der Waals surface area (Å²) in [7, 11) is 0. The minimum atomic E-state index is 0.119. The Balaban J connectivity index is 1.49. The molecule has 3 aromatic rings. The van der Waals surface area contributed by atoms with Crippen LogP contribution in [0.25, 0.3) is 16.2 Å². The van der Waals surface area contributed by atoms with Crippen molar-refractivity contribution < 1.29 is 4.79 Å². The predicted molar refractivity (Wildman–Crippen MR) is 102 cm³/mol. The molecule has 0 radical (unpaired) electrons. The third kappa shape index (κ3) is 3.47. The van der Waals surface area contributed by atoms with Gasteiger partial charge in [-0.15, -0.1) is 11.3 Å². The molecule has 5 heteroatoms. The van der Waals surface area contributed by atoms with Gasteiger partial charge < -0.3 is 5.32 Å². The van der Waals surface area contributed by atoms with Gasteiger partial charge in [0.1, 0.15) is 0 Å². The highest BCUT2D eigenvalue weighted by Gasteiger charge is 2.23. The van der Waals surface area contributed by atoms with E-state index in [2.05, 4.69) is 33.8 Å². The van der Waals surface area contributed by atoms with Crippen molar-refractivity contribution in [3.05, 3.63) is 47.6 Å². The number of benzene rings is 1. The van der Waals surface area contributed by atoms with E-state index in [0.717, 1.165) is 28.3 Å². The van der Waals surface area contributed by atoms with Crippen LogP contribution in [0.15, 0.2) is 41.9 Å². The van der Waals surface area contributed by atoms with Crippen LogP contribution in [0, 0.1) is 5.92 Å². The minimum absolute atomic E-state index is 0.119. The molecule has 1 N–H and O–H groups in total. The zero-order valence-electron chi connectivity index (χ0n) is 14.4. The third-order valence-corrected chi connectivity index (χ3v) is 6.04. The molecule has 1 aliphatic rings. The summed E-state index contributed by atoms with van der Waals surface area (Å²) in [6.07, 6.45) is 7.28. The number of carbonyl (C=O) groups is 1. The maximum Gasteiger partial charge on any atom is 0.226 e. The van der Waals surface area contributed by atoms with E-state index in [9.17, 15) is 4.79 Å². The Morgan fingerprint density at radius 2 is 2.08 bits per heavy atom. The number of aromatic nitrogens is 2. The first-order valence-electron chi connectivity index (χ1n) is 9.01. The van der Waals surface area contributed by atoms with Gasteiger partial charge >= 0.3 is 0 Å². The normalized spacial score (nSPS) is 20.7. The average Bonchev–Trinajstić information content (AvgIpc) is 3.20. The second-order valence-electron chi connectivity index (χ2n) is 6.98. The van der Waals surface area contributed by atoms with Crippen LogP contribution in [-0.4, -0.2) is 21.3 Å². The summed E-state index contributed by atoms with van der Waals surface area (Å²) in [5.41, 5.74) is 3.07. The van der Waals surface area contributed by atoms with Crippen LogP contribution in [0.2, 0.25) is 0 Å². The molecule has 1 aromatic carbocycles. The maximum atomic E-state index is 12.5. The van der Waals surface area contributed by atoms with Crippen molar-refractivity contribution in [3.8, 4) is 11.3 Å². The fourth-order valence-electron chi connectivity index (χ4n) is 3.66.